The molecule has 0 aliphatic carbocycles. The second kappa shape index (κ2) is 9.26. The van der Waals surface area contributed by atoms with E-state index < -0.39 is 0 Å². The summed E-state index contributed by atoms with van der Waals surface area (Å²) in [6.07, 6.45) is 4.78. The first-order valence-electron chi connectivity index (χ1n) is 4.79. The lowest BCUT2D eigenvalue weighted by Crippen LogP contribution is -2.25. The van der Waals surface area contributed by atoms with E-state index in [1.54, 1.807) is 0 Å². The standard InChI is InChI=1S/C10H19NO2/c1-3-5-6-8-13-9-7-11-10(12)4-2/h4H,2-3,5-9H2,1H3,(H,11,12). The van der Waals surface area contributed by atoms with Crippen LogP contribution in [-0.4, -0.2) is 25.7 Å². The summed E-state index contributed by atoms with van der Waals surface area (Å²) in [7, 11) is 0. The van der Waals surface area contributed by atoms with Crippen LogP contribution in [0.2, 0.25) is 0 Å². The molecule has 0 fully saturated rings. The van der Waals surface area contributed by atoms with Crippen LogP contribution in [-0.2, 0) is 9.53 Å². The topological polar surface area (TPSA) is 38.3 Å². The van der Waals surface area contributed by atoms with Crippen LogP contribution < -0.4 is 5.32 Å². The van der Waals surface area contributed by atoms with Crippen LogP contribution in [0.1, 0.15) is 26.2 Å². The number of carbonyl (C=O) groups is 1. The SMILES string of the molecule is C=CC(=O)NCCOCCCCC. The largest absolute Gasteiger partial charge is 0.380 e. The molecular formula is C10H19NO2. The number of rotatable bonds is 8. The van der Waals surface area contributed by atoms with Gasteiger partial charge in [0.05, 0.1) is 6.61 Å². The molecule has 0 heterocycles. The molecule has 0 radical (unpaired) electrons. The first-order valence-corrected chi connectivity index (χ1v) is 4.79. The van der Waals surface area contributed by atoms with Crippen molar-refractivity contribution in [1.29, 1.82) is 0 Å². The molecule has 0 atom stereocenters. The summed E-state index contributed by atoms with van der Waals surface area (Å²) in [5.74, 6) is -0.142. The maximum Gasteiger partial charge on any atom is 0.243 e. The van der Waals surface area contributed by atoms with Gasteiger partial charge >= 0.3 is 0 Å². The van der Waals surface area contributed by atoms with Gasteiger partial charge in [-0.25, -0.2) is 0 Å². The Hall–Kier alpha value is -0.830. The average Bonchev–Trinajstić information content (AvgIpc) is 2.16. The molecule has 1 amide bonds. The Morgan fingerprint density at radius 2 is 2.23 bits per heavy atom. The van der Waals surface area contributed by atoms with Crippen LogP contribution in [0.4, 0.5) is 0 Å². The van der Waals surface area contributed by atoms with Crippen molar-refractivity contribution in [2.45, 2.75) is 26.2 Å². The predicted molar refractivity (Wildman–Crippen MR) is 53.6 cm³/mol. The van der Waals surface area contributed by atoms with Crippen molar-refractivity contribution in [3.05, 3.63) is 12.7 Å². The van der Waals surface area contributed by atoms with Gasteiger partial charge in [-0.05, 0) is 12.5 Å². The van der Waals surface area contributed by atoms with Crippen molar-refractivity contribution < 1.29 is 9.53 Å². The van der Waals surface area contributed by atoms with Crippen molar-refractivity contribution in [3.8, 4) is 0 Å². The molecule has 0 aromatic carbocycles. The summed E-state index contributed by atoms with van der Waals surface area (Å²) in [5, 5.41) is 2.64. The number of unbranched alkanes of at least 4 members (excludes halogenated alkanes) is 2. The second-order valence-electron chi connectivity index (χ2n) is 2.81. The Morgan fingerprint density at radius 3 is 2.85 bits per heavy atom. The van der Waals surface area contributed by atoms with Crippen LogP contribution in [0, 0.1) is 0 Å². The minimum absolute atomic E-state index is 0.142. The van der Waals surface area contributed by atoms with Crippen LogP contribution in [0.25, 0.3) is 0 Å². The first-order chi connectivity index (χ1) is 6.31. The van der Waals surface area contributed by atoms with Crippen molar-refractivity contribution in [3.63, 3.8) is 0 Å². The monoisotopic (exact) mass is 185 g/mol. The van der Waals surface area contributed by atoms with Gasteiger partial charge in [0.2, 0.25) is 5.91 Å². The van der Waals surface area contributed by atoms with Crippen molar-refractivity contribution >= 4 is 5.91 Å². The van der Waals surface area contributed by atoms with Gasteiger partial charge in [0.15, 0.2) is 0 Å². The molecule has 0 aromatic rings. The summed E-state index contributed by atoms with van der Waals surface area (Å²) < 4.78 is 5.28. The molecule has 0 saturated carbocycles. The summed E-state index contributed by atoms with van der Waals surface area (Å²) in [5.41, 5.74) is 0. The van der Waals surface area contributed by atoms with Crippen LogP contribution in [0.15, 0.2) is 12.7 Å². The summed E-state index contributed by atoms with van der Waals surface area (Å²) in [4.78, 5) is 10.7. The number of carbonyl (C=O) groups excluding carboxylic acids is 1. The summed E-state index contributed by atoms with van der Waals surface area (Å²) >= 11 is 0. The number of hydrogen-bond acceptors (Lipinski definition) is 2. The molecule has 76 valence electrons. The highest BCUT2D eigenvalue weighted by atomic mass is 16.5. The lowest BCUT2D eigenvalue weighted by molar-refractivity contribution is -0.116. The normalized spacial score (nSPS) is 9.62. The molecule has 0 unspecified atom stereocenters. The highest BCUT2D eigenvalue weighted by molar-refractivity contribution is 5.86. The molecule has 0 saturated heterocycles. The Balaban J connectivity index is 2.99. The lowest BCUT2D eigenvalue weighted by atomic mass is 10.3. The number of amides is 1. The first kappa shape index (κ1) is 12.2. The van der Waals surface area contributed by atoms with E-state index in [-0.39, 0.29) is 5.91 Å². The molecule has 0 aliphatic heterocycles. The Morgan fingerprint density at radius 1 is 1.46 bits per heavy atom. The average molecular weight is 185 g/mol. The van der Waals surface area contributed by atoms with Crippen LogP contribution >= 0.6 is 0 Å². The fourth-order valence-electron chi connectivity index (χ4n) is 0.875. The molecule has 0 spiro atoms. The molecule has 0 aliphatic rings. The van der Waals surface area contributed by atoms with Gasteiger partial charge in [-0.3, -0.25) is 4.79 Å². The third-order valence-electron chi connectivity index (χ3n) is 1.62. The summed E-state index contributed by atoms with van der Waals surface area (Å²) in [6, 6.07) is 0. The molecule has 0 rings (SSSR count). The van der Waals surface area contributed by atoms with Gasteiger partial charge in [-0.1, -0.05) is 26.3 Å². The van der Waals surface area contributed by atoms with Gasteiger partial charge in [0.25, 0.3) is 0 Å². The zero-order valence-corrected chi connectivity index (χ0v) is 8.34. The van der Waals surface area contributed by atoms with Crippen molar-refractivity contribution in [1.82, 2.24) is 5.32 Å². The van der Waals surface area contributed by atoms with Gasteiger partial charge in [-0.15, -0.1) is 0 Å². The Labute approximate surface area is 80.2 Å². The molecule has 3 heteroatoms. The predicted octanol–water partition coefficient (Wildman–Crippen LogP) is 1.50. The molecule has 0 aromatic heterocycles. The minimum atomic E-state index is -0.142. The molecular weight excluding hydrogens is 166 g/mol. The molecule has 1 N–H and O–H groups in total. The quantitative estimate of drug-likeness (QED) is 0.459. The summed E-state index contributed by atoms with van der Waals surface area (Å²) in [6.45, 7) is 7.45. The minimum Gasteiger partial charge on any atom is -0.380 e. The smallest absolute Gasteiger partial charge is 0.243 e. The highest BCUT2D eigenvalue weighted by Gasteiger charge is 1.92. The van der Waals surface area contributed by atoms with Gasteiger partial charge < -0.3 is 10.1 Å². The zero-order valence-electron chi connectivity index (χ0n) is 8.34. The van der Waals surface area contributed by atoms with E-state index in [1.807, 2.05) is 0 Å². The number of nitrogens with one attached hydrogen (secondary N) is 1. The number of ether oxygens (including phenoxy) is 1. The molecule has 0 bridgehead atoms. The lowest BCUT2D eigenvalue weighted by Gasteiger charge is -2.03. The third-order valence-corrected chi connectivity index (χ3v) is 1.62. The van der Waals surface area contributed by atoms with E-state index in [0.29, 0.717) is 13.2 Å². The van der Waals surface area contributed by atoms with E-state index >= 15 is 0 Å². The van der Waals surface area contributed by atoms with Gasteiger partial charge in [0, 0.05) is 13.2 Å². The van der Waals surface area contributed by atoms with E-state index in [2.05, 4.69) is 18.8 Å². The Bertz CT molecular complexity index is 146. The van der Waals surface area contributed by atoms with Crippen LogP contribution in [0.5, 0.6) is 0 Å². The fraction of sp³-hybridized carbons (Fsp3) is 0.700. The maximum absolute atomic E-state index is 10.7. The van der Waals surface area contributed by atoms with E-state index in [9.17, 15) is 4.79 Å². The zero-order chi connectivity index (χ0) is 9.94. The fourth-order valence-corrected chi connectivity index (χ4v) is 0.875. The van der Waals surface area contributed by atoms with Gasteiger partial charge in [-0.2, -0.15) is 0 Å². The molecule has 13 heavy (non-hydrogen) atoms. The van der Waals surface area contributed by atoms with E-state index in [1.165, 1.54) is 18.9 Å². The number of hydrogen-bond donors (Lipinski definition) is 1. The highest BCUT2D eigenvalue weighted by Crippen LogP contribution is 1.93. The van der Waals surface area contributed by atoms with Crippen molar-refractivity contribution in [2.75, 3.05) is 19.8 Å². The van der Waals surface area contributed by atoms with E-state index in [0.717, 1.165) is 13.0 Å². The maximum atomic E-state index is 10.7. The molecule has 3 nitrogen and oxygen atoms in total. The van der Waals surface area contributed by atoms with Gasteiger partial charge in [0.1, 0.15) is 0 Å². The second-order valence-corrected chi connectivity index (χ2v) is 2.81. The Kier molecular flexibility index (Phi) is 8.67. The van der Waals surface area contributed by atoms with Crippen LogP contribution in [0.3, 0.4) is 0 Å². The third kappa shape index (κ3) is 9.08. The van der Waals surface area contributed by atoms with E-state index in [4.69, 9.17) is 4.74 Å². The van der Waals surface area contributed by atoms with Crippen molar-refractivity contribution in [2.24, 2.45) is 0 Å².